The molecule has 1 fully saturated rings. The Balaban J connectivity index is 1.87. The second-order valence-corrected chi connectivity index (χ2v) is 6.28. The van der Waals surface area contributed by atoms with Crippen LogP contribution in [0.5, 0.6) is 0 Å². The van der Waals surface area contributed by atoms with Crippen LogP contribution in [0.15, 0.2) is 30.3 Å². The fourth-order valence-corrected chi connectivity index (χ4v) is 3.29. The zero-order chi connectivity index (χ0) is 14.2. The van der Waals surface area contributed by atoms with E-state index >= 15 is 0 Å². The standard InChI is InChI=1S/C18H30N2/c1-3-12-20(15-17-8-7-11-19-13-17)14-16(2)18-9-5-4-6-10-18/h4-6,9-10,16-17,19H,3,7-8,11-15H2,1-2H3. The van der Waals surface area contributed by atoms with Gasteiger partial charge in [-0.15, -0.1) is 0 Å². The fourth-order valence-electron chi connectivity index (χ4n) is 3.29. The first-order valence-corrected chi connectivity index (χ1v) is 8.27. The van der Waals surface area contributed by atoms with Crippen LogP contribution in [-0.4, -0.2) is 37.6 Å². The van der Waals surface area contributed by atoms with Crippen LogP contribution in [0, 0.1) is 5.92 Å². The van der Waals surface area contributed by atoms with Crippen molar-refractivity contribution in [2.45, 2.75) is 39.0 Å². The van der Waals surface area contributed by atoms with Crippen LogP contribution in [0.4, 0.5) is 0 Å². The molecule has 1 N–H and O–H groups in total. The maximum absolute atomic E-state index is 3.54. The number of piperidine rings is 1. The number of hydrogen-bond donors (Lipinski definition) is 1. The first-order valence-electron chi connectivity index (χ1n) is 8.27. The molecule has 0 radical (unpaired) electrons. The topological polar surface area (TPSA) is 15.3 Å². The minimum absolute atomic E-state index is 0.624. The number of nitrogens with one attached hydrogen (secondary N) is 1. The first-order chi connectivity index (χ1) is 9.79. The van der Waals surface area contributed by atoms with Crippen molar-refractivity contribution < 1.29 is 0 Å². The number of rotatable bonds is 7. The summed E-state index contributed by atoms with van der Waals surface area (Å²) in [4.78, 5) is 2.68. The quantitative estimate of drug-likeness (QED) is 0.818. The second kappa shape index (κ2) is 8.43. The lowest BCUT2D eigenvalue weighted by Gasteiger charge is -2.31. The van der Waals surface area contributed by atoms with Gasteiger partial charge in [-0.05, 0) is 56.3 Å². The van der Waals surface area contributed by atoms with Gasteiger partial charge in [-0.3, -0.25) is 0 Å². The van der Waals surface area contributed by atoms with Crippen LogP contribution in [0.1, 0.15) is 44.6 Å². The predicted molar refractivity (Wildman–Crippen MR) is 87.2 cm³/mol. The zero-order valence-electron chi connectivity index (χ0n) is 13.1. The van der Waals surface area contributed by atoms with Crippen molar-refractivity contribution in [1.29, 1.82) is 0 Å². The molecule has 112 valence electrons. The van der Waals surface area contributed by atoms with Gasteiger partial charge in [-0.1, -0.05) is 44.2 Å². The predicted octanol–water partition coefficient (Wildman–Crippen LogP) is 3.50. The Kier molecular flexibility index (Phi) is 6.55. The molecule has 2 atom stereocenters. The molecule has 1 aliphatic rings. The van der Waals surface area contributed by atoms with Gasteiger partial charge < -0.3 is 10.2 Å². The first kappa shape index (κ1) is 15.5. The van der Waals surface area contributed by atoms with E-state index in [1.807, 2.05) is 0 Å². The Morgan fingerprint density at radius 1 is 1.30 bits per heavy atom. The summed E-state index contributed by atoms with van der Waals surface area (Å²) in [5.41, 5.74) is 1.47. The number of nitrogens with zero attached hydrogens (tertiary/aromatic N) is 1. The van der Waals surface area contributed by atoms with Crippen LogP contribution < -0.4 is 5.32 Å². The van der Waals surface area contributed by atoms with Crippen molar-refractivity contribution >= 4 is 0 Å². The number of hydrogen-bond acceptors (Lipinski definition) is 2. The molecule has 2 nitrogen and oxygen atoms in total. The van der Waals surface area contributed by atoms with Crippen molar-refractivity contribution in [3.63, 3.8) is 0 Å². The minimum Gasteiger partial charge on any atom is -0.316 e. The third-order valence-corrected chi connectivity index (χ3v) is 4.36. The third-order valence-electron chi connectivity index (χ3n) is 4.36. The summed E-state index contributed by atoms with van der Waals surface area (Å²) < 4.78 is 0. The van der Waals surface area contributed by atoms with E-state index in [4.69, 9.17) is 0 Å². The van der Waals surface area contributed by atoms with Gasteiger partial charge in [0, 0.05) is 13.1 Å². The maximum Gasteiger partial charge on any atom is 0.00477 e. The highest BCUT2D eigenvalue weighted by atomic mass is 15.1. The van der Waals surface area contributed by atoms with Gasteiger partial charge in [0.25, 0.3) is 0 Å². The molecule has 0 aromatic heterocycles. The van der Waals surface area contributed by atoms with Gasteiger partial charge in [-0.2, -0.15) is 0 Å². The molecule has 0 amide bonds. The van der Waals surface area contributed by atoms with Gasteiger partial charge in [0.1, 0.15) is 0 Å². The SMILES string of the molecule is CCCN(CC1CCCNC1)CC(C)c1ccccc1. The Morgan fingerprint density at radius 2 is 2.10 bits per heavy atom. The summed E-state index contributed by atoms with van der Waals surface area (Å²) in [7, 11) is 0. The van der Waals surface area contributed by atoms with E-state index in [2.05, 4.69) is 54.4 Å². The summed E-state index contributed by atoms with van der Waals surface area (Å²) in [6.07, 6.45) is 3.99. The van der Waals surface area contributed by atoms with Crippen molar-refractivity contribution in [3.05, 3.63) is 35.9 Å². The Bertz CT molecular complexity index is 357. The summed E-state index contributed by atoms with van der Waals surface area (Å²) in [6, 6.07) is 10.9. The van der Waals surface area contributed by atoms with Crippen LogP contribution in [0.3, 0.4) is 0 Å². The van der Waals surface area contributed by atoms with E-state index in [0.29, 0.717) is 5.92 Å². The lowest BCUT2D eigenvalue weighted by atomic mass is 9.97. The van der Waals surface area contributed by atoms with Gasteiger partial charge in [0.05, 0.1) is 0 Å². The highest BCUT2D eigenvalue weighted by molar-refractivity contribution is 5.19. The molecule has 2 heteroatoms. The highest BCUT2D eigenvalue weighted by Gasteiger charge is 2.18. The summed E-state index contributed by atoms with van der Waals surface area (Å²) in [5, 5.41) is 3.54. The molecule has 20 heavy (non-hydrogen) atoms. The lowest BCUT2D eigenvalue weighted by molar-refractivity contribution is 0.200. The number of benzene rings is 1. The molecule has 0 bridgehead atoms. The van der Waals surface area contributed by atoms with Crippen LogP contribution in [0.25, 0.3) is 0 Å². The largest absolute Gasteiger partial charge is 0.316 e. The van der Waals surface area contributed by atoms with E-state index in [1.165, 1.54) is 57.5 Å². The van der Waals surface area contributed by atoms with Crippen LogP contribution >= 0.6 is 0 Å². The monoisotopic (exact) mass is 274 g/mol. The van der Waals surface area contributed by atoms with Gasteiger partial charge >= 0.3 is 0 Å². The molecule has 1 aromatic carbocycles. The van der Waals surface area contributed by atoms with E-state index in [1.54, 1.807) is 0 Å². The van der Waals surface area contributed by atoms with Crippen LogP contribution in [-0.2, 0) is 0 Å². The zero-order valence-corrected chi connectivity index (χ0v) is 13.1. The van der Waals surface area contributed by atoms with Crippen molar-refractivity contribution in [3.8, 4) is 0 Å². The van der Waals surface area contributed by atoms with E-state index in [-0.39, 0.29) is 0 Å². The normalized spacial score (nSPS) is 21.1. The molecule has 0 spiro atoms. The average molecular weight is 274 g/mol. The van der Waals surface area contributed by atoms with Gasteiger partial charge in [0.15, 0.2) is 0 Å². The van der Waals surface area contributed by atoms with Gasteiger partial charge in [-0.25, -0.2) is 0 Å². The molecule has 1 heterocycles. The Morgan fingerprint density at radius 3 is 2.75 bits per heavy atom. The summed E-state index contributed by atoms with van der Waals surface area (Å²) in [5.74, 6) is 1.47. The fraction of sp³-hybridized carbons (Fsp3) is 0.667. The minimum atomic E-state index is 0.624. The Labute approximate surface area is 124 Å². The average Bonchev–Trinajstić information content (AvgIpc) is 2.49. The second-order valence-electron chi connectivity index (χ2n) is 6.28. The van der Waals surface area contributed by atoms with Crippen LogP contribution in [0.2, 0.25) is 0 Å². The van der Waals surface area contributed by atoms with E-state index < -0.39 is 0 Å². The molecule has 0 aliphatic carbocycles. The van der Waals surface area contributed by atoms with E-state index in [9.17, 15) is 0 Å². The molecule has 2 rings (SSSR count). The molecular formula is C18H30N2. The van der Waals surface area contributed by atoms with Gasteiger partial charge in [0.2, 0.25) is 0 Å². The van der Waals surface area contributed by atoms with Crippen molar-refractivity contribution in [2.75, 3.05) is 32.7 Å². The molecule has 1 aromatic rings. The maximum atomic E-state index is 3.54. The lowest BCUT2D eigenvalue weighted by Crippen LogP contribution is -2.39. The molecule has 1 aliphatic heterocycles. The van der Waals surface area contributed by atoms with E-state index in [0.717, 1.165) is 5.92 Å². The smallest absolute Gasteiger partial charge is 0.00477 e. The van der Waals surface area contributed by atoms with Crippen molar-refractivity contribution in [2.24, 2.45) is 5.92 Å². The summed E-state index contributed by atoms with van der Waals surface area (Å²) >= 11 is 0. The Hall–Kier alpha value is -0.860. The summed E-state index contributed by atoms with van der Waals surface area (Å²) in [6.45, 7) is 10.8. The highest BCUT2D eigenvalue weighted by Crippen LogP contribution is 2.18. The third kappa shape index (κ3) is 4.92. The molecule has 2 unspecified atom stereocenters. The molecule has 1 saturated heterocycles. The molecular weight excluding hydrogens is 244 g/mol. The van der Waals surface area contributed by atoms with Crippen molar-refractivity contribution in [1.82, 2.24) is 10.2 Å². The molecule has 0 saturated carbocycles.